The highest BCUT2D eigenvalue weighted by atomic mass is 19.1. The summed E-state index contributed by atoms with van der Waals surface area (Å²) in [4.78, 5) is 26.8. The molecule has 1 aliphatic heterocycles. The van der Waals surface area contributed by atoms with Gasteiger partial charge in [-0.1, -0.05) is 23.4 Å². The van der Waals surface area contributed by atoms with Gasteiger partial charge in [0.05, 0.1) is 25.4 Å². The van der Waals surface area contributed by atoms with Crippen molar-refractivity contribution in [3.05, 3.63) is 42.0 Å². The minimum absolute atomic E-state index is 0.0189. The van der Waals surface area contributed by atoms with Gasteiger partial charge < -0.3 is 20.2 Å². The van der Waals surface area contributed by atoms with Gasteiger partial charge in [-0.2, -0.15) is 0 Å². The lowest BCUT2D eigenvalue weighted by Gasteiger charge is -2.31. The predicted molar refractivity (Wildman–Crippen MR) is 102 cm³/mol. The van der Waals surface area contributed by atoms with Crippen molar-refractivity contribution in [2.24, 2.45) is 5.16 Å². The van der Waals surface area contributed by atoms with E-state index in [-0.39, 0.29) is 18.1 Å². The number of hydrogen-bond acceptors (Lipinski definition) is 7. The van der Waals surface area contributed by atoms with Gasteiger partial charge in [-0.05, 0) is 6.42 Å². The summed E-state index contributed by atoms with van der Waals surface area (Å²) in [5.41, 5.74) is 2.01. The highest BCUT2D eigenvalue weighted by Crippen LogP contribution is 2.25. The minimum atomic E-state index is -0.465. The van der Waals surface area contributed by atoms with E-state index in [4.69, 9.17) is 4.84 Å². The van der Waals surface area contributed by atoms with Gasteiger partial charge in [-0.15, -0.1) is 0 Å². The first-order chi connectivity index (χ1) is 13.6. The van der Waals surface area contributed by atoms with Crippen molar-refractivity contribution in [2.45, 2.75) is 19.4 Å². The summed E-state index contributed by atoms with van der Waals surface area (Å²) < 4.78 is 14.3. The summed E-state index contributed by atoms with van der Waals surface area (Å²) >= 11 is 0. The molecule has 0 bridgehead atoms. The molecule has 1 aliphatic rings. The van der Waals surface area contributed by atoms with Crippen molar-refractivity contribution < 1.29 is 19.1 Å². The van der Waals surface area contributed by atoms with Crippen LogP contribution in [-0.4, -0.2) is 53.4 Å². The van der Waals surface area contributed by atoms with Gasteiger partial charge in [0.25, 0.3) is 0 Å². The molecule has 2 heterocycles. The Kier molecular flexibility index (Phi) is 6.49. The zero-order valence-electron chi connectivity index (χ0n) is 15.6. The van der Waals surface area contributed by atoms with Gasteiger partial charge in [-0.3, -0.25) is 4.79 Å². The van der Waals surface area contributed by atoms with E-state index in [0.29, 0.717) is 49.6 Å². The quantitative estimate of drug-likeness (QED) is 0.526. The van der Waals surface area contributed by atoms with Crippen molar-refractivity contribution in [1.29, 1.82) is 0 Å². The van der Waals surface area contributed by atoms with Gasteiger partial charge in [-0.25, -0.2) is 14.4 Å². The van der Waals surface area contributed by atoms with Gasteiger partial charge in [0.1, 0.15) is 12.4 Å². The van der Waals surface area contributed by atoms with E-state index in [2.05, 4.69) is 20.4 Å². The summed E-state index contributed by atoms with van der Waals surface area (Å²) in [6, 6.07) is 4.85. The minimum Gasteiger partial charge on any atom is -0.396 e. The van der Waals surface area contributed by atoms with Crippen LogP contribution in [0.3, 0.4) is 0 Å². The molecule has 1 saturated heterocycles. The van der Waals surface area contributed by atoms with E-state index < -0.39 is 5.82 Å². The molecule has 0 radical (unpaired) electrons. The Hall–Kier alpha value is -3.07. The monoisotopic (exact) mass is 387 g/mol. The first-order valence-corrected chi connectivity index (χ1v) is 8.96. The number of aliphatic hydroxyl groups excluding tert-OH is 1. The van der Waals surface area contributed by atoms with E-state index in [9.17, 15) is 14.3 Å². The number of nitrogens with one attached hydrogen (secondary N) is 1. The zero-order chi connectivity index (χ0) is 19.9. The SMILES string of the molecule is CNC(=O)CCCON=C1CN(c2ncc(-c3cccc(CO)c3F)cn2)C1. The highest BCUT2D eigenvalue weighted by Gasteiger charge is 2.25. The molecule has 1 amide bonds. The fraction of sp³-hybridized carbons (Fsp3) is 0.368. The van der Waals surface area contributed by atoms with Crippen LogP contribution in [0.5, 0.6) is 0 Å². The molecule has 1 aromatic carbocycles. The third-order valence-corrected chi connectivity index (χ3v) is 4.34. The second-order valence-electron chi connectivity index (χ2n) is 6.33. The van der Waals surface area contributed by atoms with Gasteiger partial charge >= 0.3 is 0 Å². The number of rotatable bonds is 8. The Morgan fingerprint density at radius 2 is 2.11 bits per heavy atom. The number of halogens is 1. The smallest absolute Gasteiger partial charge is 0.225 e. The van der Waals surface area contributed by atoms with Crippen molar-refractivity contribution in [2.75, 3.05) is 31.6 Å². The van der Waals surface area contributed by atoms with Crippen LogP contribution in [0.1, 0.15) is 18.4 Å². The van der Waals surface area contributed by atoms with E-state index in [1.165, 1.54) is 6.07 Å². The van der Waals surface area contributed by atoms with E-state index in [1.807, 2.05) is 4.90 Å². The standard InChI is InChI=1S/C19H22FN5O3/c1-21-17(27)6-3-7-28-24-15-10-25(11-15)19-22-8-14(9-23-19)16-5-2-4-13(12-26)18(16)20/h2,4-5,8-9,26H,3,6-7,10-12H2,1H3,(H,21,27). The normalized spacial score (nSPS) is 13.1. The lowest BCUT2D eigenvalue weighted by molar-refractivity contribution is -0.120. The third-order valence-electron chi connectivity index (χ3n) is 4.34. The molecule has 2 aromatic rings. The van der Waals surface area contributed by atoms with Crippen LogP contribution < -0.4 is 10.2 Å². The number of aromatic nitrogens is 2. The Morgan fingerprint density at radius 3 is 2.79 bits per heavy atom. The van der Waals surface area contributed by atoms with Gasteiger partial charge in [0.2, 0.25) is 11.9 Å². The van der Waals surface area contributed by atoms with Crippen LogP contribution in [0.25, 0.3) is 11.1 Å². The van der Waals surface area contributed by atoms with Crippen LogP contribution in [-0.2, 0) is 16.2 Å². The third kappa shape index (κ3) is 4.61. The average molecular weight is 387 g/mol. The summed E-state index contributed by atoms with van der Waals surface area (Å²) in [7, 11) is 1.60. The van der Waals surface area contributed by atoms with Crippen molar-refractivity contribution in [3.8, 4) is 11.1 Å². The van der Waals surface area contributed by atoms with Crippen molar-refractivity contribution in [3.63, 3.8) is 0 Å². The summed E-state index contributed by atoms with van der Waals surface area (Å²) in [6.45, 7) is 1.15. The fourth-order valence-corrected chi connectivity index (χ4v) is 2.70. The molecule has 148 valence electrons. The van der Waals surface area contributed by atoms with Gasteiger partial charge in [0.15, 0.2) is 0 Å². The molecule has 28 heavy (non-hydrogen) atoms. The van der Waals surface area contributed by atoms with Crippen molar-refractivity contribution >= 4 is 17.6 Å². The molecule has 0 unspecified atom stereocenters. The lowest BCUT2D eigenvalue weighted by Crippen LogP contribution is -2.48. The topological polar surface area (TPSA) is 99.9 Å². The van der Waals surface area contributed by atoms with Crippen LogP contribution in [0.4, 0.5) is 10.3 Å². The van der Waals surface area contributed by atoms with Crippen LogP contribution in [0, 0.1) is 5.82 Å². The molecule has 0 atom stereocenters. The number of amides is 1. The molecule has 0 saturated carbocycles. The number of aliphatic hydroxyl groups is 1. The van der Waals surface area contributed by atoms with Crippen molar-refractivity contribution in [1.82, 2.24) is 15.3 Å². The molecule has 1 aromatic heterocycles. The Bertz CT molecular complexity index is 849. The molecular weight excluding hydrogens is 365 g/mol. The number of anilines is 1. The first kappa shape index (κ1) is 19.7. The molecular formula is C19H22FN5O3. The molecule has 0 aliphatic carbocycles. The first-order valence-electron chi connectivity index (χ1n) is 8.96. The average Bonchev–Trinajstić information content (AvgIpc) is 2.69. The van der Waals surface area contributed by atoms with Crippen LogP contribution >= 0.6 is 0 Å². The van der Waals surface area contributed by atoms with Gasteiger partial charge in [0, 0.05) is 42.6 Å². The molecule has 9 heteroatoms. The second kappa shape index (κ2) is 9.23. The maximum absolute atomic E-state index is 14.3. The maximum atomic E-state index is 14.3. The summed E-state index contributed by atoms with van der Waals surface area (Å²) in [5.74, 6) is 0.0453. The summed E-state index contributed by atoms with van der Waals surface area (Å²) in [5, 5.41) is 15.8. The lowest BCUT2D eigenvalue weighted by atomic mass is 10.1. The fourth-order valence-electron chi connectivity index (χ4n) is 2.70. The molecule has 2 N–H and O–H groups in total. The number of oxime groups is 1. The Morgan fingerprint density at radius 1 is 1.36 bits per heavy atom. The molecule has 8 nitrogen and oxygen atoms in total. The number of carbonyl (C=O) groups is 1. The highest BCUT2D eigenvalue weighted by molar-refractivity contribution is 5.98. The van der Waals surface area contributed by atoms with Crippen LogP contribution in [0.2, 0.25) is 0 Å². The number of benzene rings is 1. The Labute approximate surface area is 162 Å². The van der Waals surface area contributed by atoms with E-state index in [1.54, 1.807) is 31.6 Å². The number of nitrogens with zero attached hydrogens (tertiary/aromatic N) is 4. The number of carbonyl (C=O) groups excluding carboxylic acids is 1. The van der Waals surface area contributed by atoms with E-state index >= 15 is 0 Å². The largest absolute Gasteiger partial charge is 0.396 e. The number of hydrogen-bond donors (Lipinski definition) is 2. The molecule has 0 spiro atoms. The zero-order valence-corrected chi connectivity index (χ0v) is 15.6. The van der Waals surface area contributed by atoms with E-state index in [0.717, 1.165) is 5.71 Å². The molecule has 1 fully saturated rings. The second-order valence-corrected chi connectivity index (χ2v) is 6.33. The Balaban J connectivity index is 1.51. The summed E-state index contributed by atoms with van der Waals surface area (Å²) in [6.07, 6.45) is 4.15. The maximum Gasteiger partial charge on any atom is 0.225 e. The van der Waals surface area contributed by atoms with Crippen LogP contribution in [0.15, 0.2) is 35.7 Å². The predicted octanol–water partition coefficient (Wildman–Crippen LogP) is 1.49. The molecule has 3 rings (SSSR count).